The van der Waals surface area contributed by atoms with E-state index in [2.05, 4.69) is 43.1 Å². The summed E-state index contributed by atoms with van der Waals surface area (Å²) in [5.41, 5.74) is 4.21. The van der Waals surface area contributed by atoms with Crippen LogP contribution in [0.25, 0.3) is 0 Å². The third-order valence-electron chi connectivity index (χ3n) is 14.5. The van der Waals surface area contributed by atoms with Crippen LogP contribution in [-0.2, 0) is 9.59 Å². The van der Waals surface area contributed by atoms with Gasteiger partial charge in [0.1, 0.15) is 24.0 Å². The Morgan fingerprint density at radius 1 is 0.767 bits per heavy atom. The summed E-state index contributed by atoms with van der Waals surface area (Å²) in [6, 6.07) is 20.8. The molecule has 1 saturated carbocycles. The normalized spacial score (nSPS) is 26.5. The van der Waals surface area contributed by atoms with Gasteiger partial charge in [-0.3, -0.25) is 39.1 Å². The second-order valence-electron chi connectivity index (χ2n) is 17.9. The van der Waals surface area contributed by atoms with E-state index in [1.165, 1.54) is 12.8 Å². The van der Waals surface area contributed by atoms with Crippen LogP contribution in [0.4, 0.5) is 11.4 Å². The average molecular weight is 830 g/mol. The molecule has 2 bridgehead atoms. The van der Waals surface area contributed by atoms with Crippen molar-refractivity contribution in [2.75, 3.05) is 49.1 Å². The SMILES string of the molecule is N#Cc1ccc(O[C@H]2C[C@H]3CC[C@@H](C2)N3C(=O)c2ccc(N3CCN(C4CC5(CCN(c6ccc7c(c6)C(=O)N(C6CCC(=O)NC6=O)C7=O)CC5)C4)CC3)cc2)cc1Cl. The molecular weight excluding hydrogens is 782 g/mol. The highest BCUT2D eigenvalue weighted by Crippen LogP contribution is 2.52. The van der Waals surface area contributed by atoms with Crippen molar-refractivity contribution in [2.45, 2.75) is 94.5 Å². The van der Waals surface area contributed by atoms with Gasteiger partial charge in [-0.25, -0.2) is 0 Å². The predicted octanol–water partition coefficient (Wildman–Crippen LogP) is 5.40. The van der Waals surface area contributed by atoms with Crippen LogP contribution in [0.15, 0.2) is 60.7 Å². The van der Waals surface area contributed by atoms with E-state index in [0.717, 1.165) is 99.6 Å². The summed E-state index contributed by atoms with van der Waals surface area (Å²) in [6.07, 6.45) is 8.33. The smallest absolute Gasteiger partial charge is 0.262 e. The summed E-state index contributed by atoms with van der Waals surface area (Å²) >= 11 is 6.23. The van der Waals surface area contributed by atoms with Gasteiger partial charge in [0.05, 0.1) is 21.7 Å². The number of piperidine rings is 3. The first-order valence-electron chi connectivity index (χ1n) is 21.4. The fourth-order valence-electron chi connectivity index (χ4n) is 11.2. The Balaban J connectivity index is 0.681. The van der Waals surface area contributed by atoms with Crippen molar-refractivity contribution in [2.24, 2.45) is 5.41 Å². The summed E-state index contributed by atoms with van der Waals surface area (Å²) in [5, 5.41) is 11.8. The van der Waals surface area contributed by atoms with Crippen molar-refractivity contribution in [3.05, 3.63) is 87.9 Å². The molecule has 1 N–H and O–H groups in total. The van der Waals surface area contributed by atoms with Crippen LogP contribution in [0.1, 0.15) is 101 Å². The Hall–Kier alpha value is -5.45. The van der Waals surface area contributed by atoms with Crippen molar-refractivity contribution in [1.29, 1.82) is 5.26 Å². The Morgan fingerprint density at radius 2 is 1.43 bits per heavy atom. The second-order valence-corrected chi connectivity index (χ2v) is 18.3. The van der Waals surface area contributed by atoms with Crippen molar-refractivity contribution in [3.63, 3.8) is 0 Å². The van der Waals surface area contributed by atoms with E-state index in [1.54, 1.807) is 30.3 Å². The number of hydrogen-bond donors (Lipinski definition) is 1. The van der Waals surface area contributed by atoms with Crippen LogP contribution in [0.5, 0.6) is 5.75 Å². The van der Waals surface area contributed by atoms with Gasteiger partial charge in [0, 0.05) is 99.7 Å². The fraction of sp³-hybridized carbons (Fsp3) is 0.478. The van der Waals surface area contributed by atoms with Gasteiger partial charge in [-0.05, 0) is 105 Å². The van der Waals surface area contributed by atoms with Crippen LogP contribution in [-0.4, -0.2) is 114 Å². The highest BCUT2D eigenvalue weighted by atomic mass is 35.5. The maximum atomic E-state index is 13.8. The standard InChI is InChI=1S/C46H48ClN7O6/c47-39-24-35(9-3-29(39)27-48)60-36-21-32-6-7-33(22-36)53(32)43(57)28-1-4-30(5-2-28)51-17-19-52(20-18-51)34-25-46(26-34)13-15-50(16-14-46)31-8-10-37-38(23-31)45(59)54(44(37)58)40-11-12-41(55)49-42(40)56/h1-5,8-10,23-24,32-34,36,40H,6-7,11-22,25-26H2,(H,49,55,56)/t32-,33+,36+,40?. The Kier molecular flexibility index (Phi) is 9.83. The highest BCUT2D eigenvalue weighted by Gasteiger charge is 2.49. The van der Waals surface area contributed by atoms with Crippen molar-refractivity contribution < 1.29 is 28.7 Å². The molecule has 6 fully saturated rings. The van der Waals surface area contributed by atoms with E-state index in [9.17, 15) is 29.2 Å². The monoisotopic (exact) mass is 829 g/mol. The lowest BCUT2D eigenvalue weighted by atomic mass is 9.60. The maximum absolute atomic E-state index is 13.8. The molecule has 6 heterocycles. The number of rotatable bonds is 7. The molecule has 5 amide bonds. The molecule has 3 aromatic rings. The number of fused-ring (bicyclic) bond motifs is 3. The Bertz CT molecular complexity index is 2290. The molecule has 1 aliphatic carbocycles. The number of benzene rings is 3. The molecule has 310 valence electrons. The number of imide groups is 2. The number of piperazine rings is 1. The number of amides is 5. The molecule has 14 heteroatoms. The van der Waals surface area contributed by atoms with Gasteiger partial charge < -0.3 is 19.4 Å². The van der Waals surface area contributed by atoms with Gasteiger partial charge >= 0.3 is 0 Å². The zero-order valence-electron chi connectivity index (χ0n) is 33.5. The van der Waals surface area contributed by atoms with Gasteiger partial charge in [0.25, 0.3) is 17.7 Å². The van der Waals surface area contributed by atoms with Crippen LogP contribution < -0.4 is 19.9 Å². The minimum Gasteiger partial charge on any atom is -0.490 e. The van der Waals surface area contributed by atoms with E-state index >= 15 is 0 Å². The maximum Gasteiger partial charge on any atom is 0.262 e. The molecule has 0 radical (unpaired) electrons. The molecule has 1 spiro atoms. The van der Waals surface area contributed by atoms with Crippen LogP contribution >= 0.6 is 11.6 Å². The summed E-state index contributed by atoms with van der Waals surface area (Å²) in [7, 11) is 0. The number of nitrogens with zero attached hydrogens (tertiary/aromatic N) is 6. The van der Waals surface area contributed by atoms with Crippen molar-refractivity contribution in [1.82, 2.24) is 20.0 Å². The molecule has 60 heavy (non-hydrogen) atoms. The third kappa shape index (κ3) is 6.87. The second kappa shape index (κ2) is 15.2. The summed E-state index contributed by atoms with van der Waals surface area (Å²) < 4.78 is 6.28. The average Bonchev–Trinajstić information content (AvgIpc) is 3.66. The molecule has 6 aliphatic heterocycles. The third-order valence-corrected chi connectivity index (χ3v) is 14.9. The van der Waals surface area contributed by atoms with Gasteiger partial charge in [0.15, 0.2) is 0 Å². The number of carbonyl (C=O) groups excluding carboxylic acids is 5. The lowest BCUT2D eigenvalue weighted by Crippen LogP contribution is -2.59. The number of hydrogen-bond acceptors (Lipinski definition) is 10. The van der Waals surface area contributed by atoms with E-state index < -0.39 is 23.8 Å². The number of nitriles is 1. The van der Waals surface area contributed by atoms with Gasteiger partial charge in [-0.2, -0.15) is 5.26 Å². The molecule has 1 unspecified atom stereocenters. The molecule has 4 atom stereocenters. The quantitative estimate of drug-likeness (QED) is 0.308. The summed E-state index contributed by atoms with van der Waals surface area (Å²) in [6.45, 7) is 5.71. The van der Waals surface area contributed by atoms with Crippen molar-refractivity contribution >= 4 is 52.5 Å². The van der Waals surface area contributed by atoms with Crippen LogP contribution in [0, 0.1) is 16.7 Å². The Labute approximate surface area is 354 Å². The molecule has 5 saturated heterocycles. The van der Waals surface area contributed by atoms with Crippen LogP contribution in [0.2, 0.25) is 5.02 Å². The largest absolute Gasteiger partial charge is 0.490 e. The zero-order chi connectivity index (χ0) is 41.3. The van der Waals surface area contributed by atoms with Crippen LogP contribution in [0.3, 0.4) is 0 Å². The summed E-state index contributed by atoms with van der Waals surface area (Å²) in [4.78, 5) is 75.0. The van der Waals surface area contributed by atoms with E-state index in [1.807, 2.05) is 18.2 Å². The molecular formula is C46H48ClN7O6. The molecule has 13 nitrogen and oxygen atoms in total. The molecule has 10 rings (SSSR count). The number of carbonyl (C=O) groups is 5. The van der Waals surface area contributed by atoms with E-state index in [4.69, 9.17) is 16.3 Å². The first-order chi connectivity index (χ1) is 29.1. The van der Waals surface area contributed by atoms with E-state index in [-0.39, 0.29) is 42.8 Å². The lowest BCUT2D eigenvalue weighted by Gasteiger charge is -2.56. The number of anilines is 2. The molecule has 7 aliphatic rings. The topological polar surface area (TPSA) is 147 Å². The highest BCUT2D eigenvalue weighted by molar-refractivity contribution is 6.31. The van der Waals surface area contributed by atoms with Gasteiger partial charge in [-0.15, -0.1) is 0 Å². The lowest BCUT2D eigenvalue weighted by molar-refractivity contribution is -0.136. The first-order valence-corrected chi connectivity index (χ1v) is 21.8. The number of halogens is 1. The molecule has 0 aromatic heterocycles. The van der Waals surface area contributed by atoms with Crippen molar-refractivity contribution in [3.8, 4) is 11.8 Å². The van der Waals surface area contributed by atoms with E-state index in [0.29, 0.717) is 38.9 Å². The fourth-order valence-corrected chi connectivity index (χ4v) is 11.4. The minimum atomic E-state index is -0.964. The first kappa shape index (κ1) is 38.7. The predicted molar refractivity (Wildman–Crippen MR) is 223 cm³/mol. The van der Waals surface area contributed by atoms with Gasteiger partial charge in [-0.1, -0.05) is 11.6 Å². The zero-order valence-corrected chi connectivity index (χ0v) is 34.2. The number of nitrogens with one attached hydrogen (secondary N) is 1. The number of ether oxygens (including phenoxy) is 1. The minimum absolute atomic E-state index is 0.00396. The van der Waals surface area contributed by atoms with Gasteiger partial charge in [0.2, 0.25) is 11.8 Å². The molecule has 3 aromatic carbocycles. The Morgan fingerprint density at radius 3 is 2.10 bits per heavy atom. The summed E-state index contributed by atoms with van der Waals surface area (Å²) in [5.74, 6) is -1.17.